The molecular weight excluding hydrogens is 249 g/mol. The van der Waals surface area contributed by atoms with E-state index >= 15 is 0 Å². The average molecular weight is 254 g/mol. The molecule has 16 heavy (non-hydrogen) atoms. The van der Waals surface area contributed by atoms with Gasteiger partial charge >= 0.3 is 24.0 Å². The molecule has 0 spiro atoms. The molecule has 0 atom stereocenters. The second-order valence-corrected chi connectivity index (χ2v) is 2.74. The number of halogens is 7. The molecule has 0 bridgehead atoms. The predicted octanol–water partition coefficient (Wildman–Crippen LogP) is 2.85. The highest BCUT2D eigenvalue weighted by Crippen LogP contribution is 2.48. The molecule has 0 amide bonds. The van der Waals surface area contributed by atoms with Crippen molar-refractivity contribution in [3.8, 4) is 0 Å². The Morgan fingerprint density at radius 3 is 1.62 bits per heavy atom. The standard InChI is InChI=1S/C7H5F7O2/c8-5(6(9,10)11,7(12,13)14)3-1-2-4(15)16/h1-2H,3H2,(H,15,16)/b2-1+. The Labute approximate surface area is 84.4 Å². The van der Waals surface area contributed by atoms with E-state index in [1.165, 1.54) is 0 Å². The van der Waals surface area contributed by atoms with Gasteiger partial charge in [0.05, 0.1) is 0 Å². The van der Waals surface area contributed by atoms with E-state index in [1.54, 1.807) is 0 Å². The number of carbonyl (C=O) groups is 1. The normalized spacial score (nSPS) is 14.4. The zero-order valence-corrected chi connectivity index (χ0v) is 7.36. The van der Waals surface area contributed by atoms with Crippen molar-refractivity contribution in [1.29, 1.82) is 0 Å². The van der Waals surface area contributed by atoms with Gasteiger partial charge in [0, 0.05) is 12.5 Å². The van der Waals surface area contributed by atoms with Crippen LogP contribution in [-0.4, -0.2) is 29.1 Å². The van der Waals surface area contributed by atoms with Crippen LogP contribution in [-0.2, 0) is 4.79 Å². The summed E-state index contributed by atoms with van der Waals surface area (Å²) in [5.74, 6) is -1.77. The van der Waals surface area contributed by atoms with Crippen LogP contribution in [0.15, 0.2) is 12.2 Å². The Morgan fingerprint density at radius 2 is 1.38 bits per heavy atom. The maximum Gasteiger partial charge on any atom is 0.431 e. The number of hydrogen-bond donors (Lipinski definition) is 1. The summed E-state index contributed by atoms with van der Waals surface area (Å²) < 4.78 is 83.9. The zero-order valence-electron chi connectivity index (χ0n) is 7.36. The third kappa shape index (κ3) is 3.11. The summed E-state index contributed by atoms with van der Waals surface area (Å²) in [6.07, 6.45) is -14.5. The van der Waals surface area contributed by atoms with Gasteiger partial charge in [-0.1, -0.05) is 6.08 Å². The molecule has 0 aliphatic carbocycles. The highest BCUT2D eigenvalue weighted by Gasteiger charge is 2.71. The van der Waals surface area contributed by atoms with E-state index in [4.69, 9.17) is 5.11 Å². The molecule has 0 aromatic rings. The average Bonchev–Trinajstić information content (AvgIpc) is 1.98. The second-order valence-electron chi connectivity index (χ2n) is 2.74. The Hall–Kier alpha value is -1.28. The Bertz CT molecular complexity index is 274. The molecule has 0 saturated carbocycles. The molecule has 1 N–H and O–H groups in total. The SMILES string of the molecule is O=C(O)/C=C/CC(F)(C(F)(F)F)C(F)(F)F. The third-order valence-corrected chi connectivity index (χ3v) is 1.56. The smallest absolute Gasteiger partial charge is 0.431 e. The van der Waals surface area contributed by atoms with E-state index in [9.17, 15) is 35.5 Å². The molecule has 0 aromatic heterocycles. The lowest BCUT2D eigenvalue weighted by molar-refractivity contribution is -0.340. The van der Waals surface area contributed by atoms with Gasteiger partial charge in [0.25, 0.3) is 0 Å². The van der Waals surface area contributed by atoms with Gasteiger partial charge in [-0.15, -0.1) is 0 Å². The highest BCUT2D eigenvalue weighted by atomic mass is 19.4. The van der Waals surface area contributed by atoms with Gasteiger partial charge in [0.2, 0.25) is 0 Å². The quantitative estimate of drug-likeness (QED) is 0.621. The molecule has 9 heteroatoms. The predicted molar refractivity (Wildman–Crippen MR) is 37.3 cm³/mol. The molecule has 2 nitrogen and oxygen atoms in total. The molecule has 94 valence electrons. The highest BCUT2D eigenvalue weighted by molar-refractivity contribution is 5.79. The minimum absolute atomic E-state index is 0.00576. The van der Waals surface area contributed by atoms with Crippen LogP contribution in [0.4, 0.5) is 30.7 Å². The summed E-state index contributed by atoms with van der Waals surface area (Å²) in [6, 6.07) is 0. The van der Waals surface area contributed by atoms with Crippen LogP contribution in [0.2, 0.25) is 0 Å². The fraction of sp³-hybridized carbons (Fsp3) is 0.571. The van der Waals surface area contributed by atoms with E-state index in [1.807, 2.05) is 0 Å². The van der Waals surface area contributed by atoms with Crippen LogP contribution in [0.3, 0.4) is 0 Å². The molecule has 0 saturated heterocycles. The lowest BCUT2D eigenvalue weighted by Crippen LogP contribution is -2.52. The Balaban J connectivity index is 5.06. The third-order valence-electron chi connectivity index (χ3n) is 1.56. The zero-order chi connectivity index (χ0) is 13.2. The minimum atomic E-state index is -6.16. The number of hydrogen-bond acceptors (Lipinski definition) is 1. The lowest BCUT2D eigenvalue weighted by atomic mass is 10.0. The molecule has 0 rings (SSSR count). The van der Waals surface area contributed by atoms with Crippen molar-refractivity contribution in [2.24, 2.45) is 0 Å². The molecule has 0 aromatic carbocycles. The molecule has 0 unspecified atom stereocenters. The minimum Gasteiger partial charge on any atom is -0.478 e. The summed E-state index contributed by atoms with van der Waals surface area (Å²) in [5, 5.41) is 7.94. The Kier molecular flexibility index (Phi) is 3.96. The van der Waals surface area contributed by atoms with Crippen LogP contribution in [0, 0.1) is 0 Å². The first kappa shape index (κ1) is 14.7. The monoisotopic (exact) mass is 254 g/mol. The van der Waals surface area contributed by atoms with Crippen LogP contribution in [0.25, 0.3) is 0 Å². The van der Waals surface area contributed by atoms with E-state index in [2.05, 4.69) is 0 Å². The number of alkyl halides is 7. The van der Waals surface area contributed by atoms with Gasteiger partial charge in [-0.2, -0.15) is 26.3 Å². The lowest BCUT2D eigenvalue weighted by Gasteiger charge is -2.28. The van der Waals surface area contributed by atoms with Gasteiger partial charge in [0.15, 0.2) is 0 Å². The first-order valence-electron chi connectivity index (χ1n) is 3.63. The van der Waals surface area contributed by atoms with E-state index in [0.29, 0.717) is 0 Å². The summed E-state index contributed by atoms with van der Waals surface area (Å²) in [6.45, 7) is 0. The fourth-order valence-corrected chi connectivity index (χ4v) is 0.714. The maximum atomic E-state index is 12.8. The molecule has 0 radical (unpaired) electrons. The van der Waals surface area contributed by atoms with Crippen molar-refractivity contribution < 1.29 is 40.6 Å². The van der Waals surface area contributed by atoms with Gasteiger partial charge in [-0.3, -0.25) is 0 Å². The van der Waals surface area contributed by atoms with Gasteiger partial charge in [0.1, 0.15) is 0 Å². The van der Waals surface area contributed by atoms with E-state index < -0.39 is 30.4 Å². The summed E-state index contributed by atoms with van der Waals surface area (Å²) in [7, 11) is 0. The fourth-order valence-electron chi connectivity index (χ4n) is 0.714. The number of carboxylic acid groups (broad SMARTS) is 1. The van der Waals surface area contributed by atoms with Crippen molar-refractivity contribution in [3.05, 3.63) is 12.2 Å². The van der Waals surface area contributed by atoms with Crippen molar-refractivity contribution in [2.75, 3.05) is 0 Å². The van der Waals surface area contributed by atoms with Crippen molar-refractivity contribution >= 4 is 5.97 Å². The molecule has 0 aliphatic heterocycles. The molecule has 0 fully saturated rings. The number of allylic oxidation sites excluding steroid dienone is 1. The number of carboxylic acids is 1. The van der Waals surface area contributed by atoms with Crippen molar-refractivity contribution in [3.63, 3.8) is 0 Å². The molecular formula is C7H5F7O2. The van der Waals surface area contributed by atoms with Gasteiger partial charge < -0.3 is 5.11 Å². The largest absolute Gasteiger partial charge is 0.478 e. The van der Waals surface area contributed by atoms with Crippen molar-refractivity contribution in [1.82, 2.24) is 0 Å². The summed E-state index contributed by atoms with van der Waals surface area (Å²) in [5.41, 5.74) is -5.44. The summed E-state index contributed by atoms with van der Waals surface area (Å²) >= 11 is 0. The molecule has 0 aliphatic rings. The number of rotatable bonds is 3. The van der Waals surface area contributed by atoms with Crippen molar-refractivity contribution in [2.45, 2.75) is 24.4 Å². The van der Waals surface area contributed by atoms with E-state index in [0.717, 1.165) is 0 Å². The van der Waals surface area contributed by atoms with Crippen LogP contribution < -0.4 is 0 Å². The van der Waals surface area contributed by atoms with Gasteiger partial charge in [-0.05, 0) is 0 Å². The van der Waals surface area contributed by atoms with Crippen LogP contribution in [0.1, 0.15) is 6.42 Å². The van der Waals surface area contributed by atoms with Crippen LogP contribution >= 0.6 is 0 Å². The van der Waals surface area contributed by atoms with Gasteiger partial charge in [-0.25, -0.2) is 9.18 Å². The summed E-state index contributed by atoms with van der Waals surface area (Å²) in [4.78, 5) is 9.81. The molecule has 0 heterocycles. The second kappa shape index (κ2) is 4.30. The van der Waals surface area contributed by atoms with Crippen LogP contribution in [0.5, 0.6) is 0 Å². The van der Waals surface area contributed by atoms with E-state index in [-0.39, 0.29) is 12.2 Å². The Morgan fingerprint density at radius 1 is 1.00 bits per heavy atom. The topological polar surface area (TPSA) is 37.3 Å². The first-order chi connectivity index (χ1) is 6.92. The maximum absolute atomic E-state index is 12.8. The first-order valence-corrected chi connectivity index (χ1v) is 3.63. The number of aliphatic carboxylic acids is 1.